The van der Waals surface area contributed by atoms with Crippen molar-refractivity contribution in [2.45, 2.75) is 165 Å². The van der Waals surface area contributed by atoms with Crippen molar-refractivity contribution in [3.63, 3.8) is 0 Å². The lowest BCUT2D eigenvalue weighted by atomic mass is 9.43. The van der Waals surface area contributed by atoms with Gasteiger partial charge in [-0.3, -0.25) is 9.59 Å². The molecule has 0 amide bonds. The number of allylic oxidation sites excluding steroid dienone is 4. The van der Waals surface area contributed by atoms with Crippen LogP contribution in [-0.2, 0) is 25.5 Å². The van der Waals surface area contributed by atoms with Crippen molar-refractivity contribution < 1.29 is 19.1 Å². The van der Waals surface area contributed by atoms with Crippen molar-refractivity contribution in [1.82, 2.24) is 9.97 Å². The molecule has 0 radical (unpaired) electrons. The Morgan fingerprint density at radius 3 is 2.41 bits per heavy atom. The summed E-state index contributed by atoms with van der Waals surface area (Å²) in [7, 11) is 0. The minimum atomic E-state index is -0.564. The first-order chi connectivity index (χ1) is 23.0. The highest BCUT2D eigenvalue weighted by Crippen LogP contribution is 2.72. The fourth-order valence-corrected chi connectivity index (χ4v) is 11.7. The molecule has 0 bridgehead atoms. The number of hydrogen-bond acceptors (Lipinski definition) is 5. The molecule has 0 unspecified atom stereocenters. The summed E-state index contributed by atoms with van der Waals surface area (Å²) in [4.78, 5) is 45.5. The molecule has 6 nitrogen and oxygen atoms in total. The summed E-state index contributed by atoms with van der Waals surface area (Å²) in [6, 6.07) is 0. The average Bonchev–Trinajstić information content (AvgIpc) is 3.63. The van der Waals surface area contributed by atoms with Gasteiger partial charge in [-0.15, -0.1) is 0 Å². The van der Waals surface area contributed by atoms with E-state index in [1.165, 1.54) is 50.5 Å². The van der Waals surface area contributed by atoms with E-state index in [-0.39, 0.29) is 46.3 Å². The maximum Gasteiger partial charge on any atom is 0.310 e. The van der Waals surface area contributed by atoms with Crippen molar-refractivity contribution in [3.05, 3.63) is 41.0 Å². The molecule has 0 spiro atoms. The van der Waals surface area contributed by atoms with Gasteiger partial charge in [0, 0.05) is 43.0 Å². The molecule has 1 aromatic heterocycles. The predicted molar refractivity (Wildman–Crippen MR) is 197 cm³/mol. The zero-order valence-corrected chi connectivity index (χ0v) is 32.3. The molecule has 0 aliphatic heterocycles. The van der Waals surface area contributed by atoms with Gasteiger partial charge in [0.1, 0.15) is 17.7 Å². The van der Waals surface area contributed by atoms with Crippen LogP contribution in [0.4, 0.5) is 0 Å². The van der Waals surface area contributed by atoms with Crippen LogP contribution < -0.4 is 0 Å². The first kappa shape index (κ1) is 37.7. The molecule has 2 fully saturated rings. The molecule has 2 saturated carbocycles. The number of carbonyl (C=O) groups excluding carboxylic acids is 3. The standard InChI is InChI=1S/C43H66N2O4/c1-28(2)12-10-13-29(3)34-18-22-43(9)36-16-17-37-40(5,6)38(20-21-41(37,7)35(36)19-23-42(34,43)8)49-39(48)31(24-32-26-44-27-45-32)25-33(47)15-11-14-30(4)46/h12,26-27,29,31,34,37-38H,10-11,13-25H2,1-9H3,(H,44,45)/t29-,31-,34-,37+,38+,41-,42-,43+/m1/s1. The molecule has 49 heavy (non-hydrogen) atoms. The number of rotatable bonds is 14. The van der Waals surface area contributed by atoms with Crippen molar-refractivity contribution in [3.8, 4) is 0 Å². The second-order valence-corrected chi connectivity index (χ2v) is 18.3. The summed E-state index contributed by atoms with van der Waals surface area (Å²) < 4.78 is 6.48. The molecular weight excluding hydrogens is 608 g/mol. The molecule has 1 aromatic rings. The third-order valence-electron chi connectivity index (χ3n) is 14.7. The summed E-state index contributed by atoms with van der Waals surface area (Å²) >= 11 is 0. The second kappa shape index (κ2) is 14.6. The monoisotopic (exact) mass is 675 g/mol. The Bertz CT molecular complexity index is 1430. The van der Waals surface area contributed by atoms with Crippen molar-refractivity contribution >= 4 is 17.5 Å². The van der Waals surface area contributed by atoms with Crippen LogP contribution >= 0.6 is 0 Å². The Morgan fingerprint density at radius 2 is 1.73 bits per heavy atom. The first-order valence-electron chi connectivity index (χ1n) is 19.6. The lowest BCUT2D eigenvalue weighted by Gasteiger charge is -2.62. The lowest BCUT2D eigenvalue weighted by molar-refractivity contribution is -0.175. The zero-order valence-electron chi connectivity index (χ0n) is 32.3. The number of ether oxygens (including phenoxy) is 1. The summed E-state index contributed by atoms with van der Waals surface area (Å²) in [6.07, 6.45) is 19.2. The Kier molecular flexibility index (Phi) is 11.3. The third-order valence-corrected chi connectivity index (χ3v) is 14.7. The van der Waals surface area contributed by atoms with Gasteiger partial charge >= 0.3 is 5.97 Å². The Morgan fingerprint density at radius 1 is 0.980 bits per heavy atom. The number of fused-ring (bicyclic) bond motifs is 4. The van der Waals surface area contributed by atoms with Gasteiger partial charge in [0.25, 0.3) is 0 Å². The van der Waals surface area contributed by atoms with E-state index in [4.69, 9.17) is 4.74 Å². The normalized spacial score (nSPS) is 33.1. The van der Waals surface area contributed by atoms with E-state index in [9.17, 15) is 14.4 Å². The number of ketones is 2. The van der Waals surface area contributed by atoms with E-state index in [0.29, 0.717) is 37.0 Å². The number of Topliss-reactive ketones (excluding diaryl/α,β-unsaturated/α-hetero) is 2. The number of nitrogens with zero attached hydrogens (tertiary/aromatic N) is 1. The summed E-state index contributed by atoms with van der Waals surface area (Å²) in [5.41, 5.74) is 6.39. The number of H-pyrrole nitrogens is 1. The van der Waals surface area contributed by atoms with E-state index < -0.39 is 5.92 Å². The van der Waals surface area contributed by atoms with E-state index >= 15 is 0 Å². The van der Waals surface area contributed by atoms with Gasteiger partial charge in [0.15, 0.2) is 0 Å². The van der Waals surface area contributed by atoms with Crippen LogP contribution in [0.25, 0.3) is 0 Å². The Hall–Kier alpha value is -2.50. The molecule has 4 aliphatic rings. The molecule has 272 valence electrons. The SMILES string of the molecule is CC(=O)CCCC(=O)C[C@@H](Cc1cnc[nH]1)C(=O)O[C@H]1CC[C@]2(C)C3=C(CC[C@H]2C1(C)C)[C@]1(C)CC[C@H]([C@H](C)CCC=C(C)C)[C@@]1(C)CC3. The third kappa shape index (κ3) is 7.31. The minimum Gasteiger partial charge on any atom is -0.462 e. The summed E-state index contributed by atoms with van der Waals surface area (Å²) in [6.45, 7) is 21.0. The van der Waals surface area contributed by atoms with Crippen molar-refractivity contribution in [1.29, 1.82) is 0 Å². The average molecular weight is 675 g/mol. The van der Waals surface area contributed by atoms with Crippen LogP contribution in [0.2, 0.25) is 0 Å². The minimum absolute atomic E-state index is 0.0131. The maximum absolute atomic E-state index is 13.9. The number of esters is 1. The molecule has 5 rings (SSSR count). The number of imidazole rings is 1. The fourth-order valence-electron chi connectivity index (χ4n) is 11.7. The number of aromatic amines is 1. The number of aromatic nitrogens is 2. The van der Waals surface area contributed by atoms with Crippen molar-refractivity contribution in [2.75, 3.05) is 0 Å². The lowest BCUT2D eigenvalue weighted by Crippen LogP contribution is -2.56. The highest BCUT2D eigenvalue weighted by atomic mass is 16.5. The van der Waals surface area contributed by atoms with E-state index in [1.54, 1.807) is 30.6 Å². The van der Waals surface area contributed by atoms with Crippen molar-refractivity contribution in [2.24, 2.45) is 45.3 Å². The molecule has 6 heteroatoms. The Labute approximate surface area is 297 Å². The van der Waals surface area contributed by atoms with Crippen LogP contribution in [0, 0.1) is 45.3 Å². The smallest absolute Gasteiger partial charge is 0.310 e. The highest BCUT2D eigenvalue weighted by Gasteiger charge is 2.63. The van der Waals surface area contributed by atoms with Gasteiger partial charge in [-0.25, -0.2) is 4.98 Å². The van der Waals surface area contributed by atoms with E-state index in [2.05, 4.69) is 71.4 Å². The van der Waals surface area contributed by atoms with Gasteiger partial charge in [0.2, 0.25) is 0 Å². The molecular formula is C43H66N2O4. The van der Waals surface area contributed by atoms with Crippen LogP contribution in [0.5, 0.6) is 0 Å². The van der Waals surface area contributed by atoms with E-state index in [0.717, 1.165) is 36.8 Å². The van der Waals surface area contributed by atoms with Crippen LogP contribution in [0.3, 0.4) is 0 Å². The van der Waals surface area contributed by atoms with Crippen LogP contribution in [-0.4, -0.2) is 33.6 Å². The second-order valence-electron chi connectivity index (χ2n) is 18.3. The highest BCUT2D eigenvalue weighted by molar-refractivity contribution is 5.85. The van der Waals surface area contributed by atoms with Gasteiger partial charge in [0.05, 0.1) is 12.2 Å². The molecule has 1 N–H and O–H groups in total. The Balaban J connectivity index is 1.31. The quantitative estimate of drug-likeness (QED) is 0.157. The van der Waals surface area contributed by atoms with E-state index in [1.807, 2.05) is 0 Å². The molecule has 1 heterocycles. The van der Waals surface area contributed by atoms with Gasteiger partial charge < -0.3 is 14.5 Å². The zero-order chi connectivity index (χ0) is 35.8. The van der Waals surface area contributed by atoms with Crippen LogP contribution in [0.15, 0.2) is 35.3 Å². The maximum atomic E-state index is 13.9. The summed E-state index contributed by atoms with van der Waals surface area (Å²) in [5.74, 6) is 1.23. The largest absolute Gasteiger partial charge is 0.462 e. The first-order valence-corrected chi connectivity index (χ1v) is 19.6. The fraction of sp³-hybridized carbons (Fsp3) is 0.767. The molecule has 8 atom stereocenters. The molecule has 0 saturated heterocycles. The molecule has 0 aromatic carbocycles. The topological polar surface area (TPSA) is 89.1 Å². The van der Waals surface area contributed by atoms with Crippen LogP contribution in [0.1, 0.15) is 158 Å². The van der Waals surface area contributed by atoms with Gasteiger partial charge in [-0.1, -0.05) is 64.3 Å². The van der Waals surface area contributed by atoms with Gasteiger partial charge in [-0.05, 0) is 125 Å². The number of nitrogens with one attached hydrogen (secondary N) is 1. The predicted octanol–water partition coefficient (Wildman–Crippen LogP) is 10.3. The molecule has 4 aliphatic carbocycles. The number of carbonyl (C=O) groups is 3. The number of hydrogen-bond donors (Lipinski definition) is 1. The summed E-state index contributed by atoms with van der Waals surface area (Å²) in [5, 5.41) is 0. The van der Waals surface area contributed by atoms with Gasteiger partial charge in [-0.2, -0.15) is 0 Å².